The van der Waals surface area contributed by atoms with Gasteiger partial charge in [0, 0.05) is 21.0 Å². The van der Waals surface area contributed by atoms with E-state index in [1.54, 1.807) is 11.1 Å². The Hall–Kier alpha value is -4.27. The van der Waals surface area contributed by atoms with E-state index in [0.717, 1.165) is 34.4 Å². The molecule has 6 aliphatic rings. The first-order chi connectivity index (χ1) is 23.0. The van der Waals surface area contributed by atoms with Crippen molar-refractivity contribution in [2.24, 2.45) is 17.3 Å². The molecule has 1 aromatic heterocycles. The summed E-state index contributed by atoms with van der Waals surface area (Å²) in [7, 11) is 0. The number of benzene rings is 5. The Morgan fingerprint density at radius 1 is 0.489 bits per heavy atom. The predicted octanol–water partition coefficient (Wildman–Crippen LogP) is 11.9. The van der Waals surface area contributed by atoms with E-state index in [4.69, 9.17) is 4.98 Å². The van der Waals surface area contributed by atoms with E-state index in [1.807, 2.05) is 0 Å². The van der Waals surface area contributed by atoms with Crippen molar-refractivity contribution in [3.05, 3.63) is 161 Å². The zero-order valence-corrected chi connectivity index (χ0v) is 28.0. The highest BCUT2D eigenvalue weighted by atomic mass is 79.9. The molecule has 0 radical (unpaired) electrons. The molecule has 5 atom stereocenters. The molecule has 47 heavy (non-hydrogen) atoms. The van der Waals surface area contributed by atoms with Crippen LogP contribution in [0.2, 0.25) is 0 Å². The Morgan fingerprint density at radius 2 is 1.09 bits per heavy atom. The Labute approximate surface area is 285 Å². The second-order valence-electron chi connectivity index (χ2n) is 15.0. The fourth-order valence-corrected chi connectivity index (χ4v) is 11.4. The first-order valence-corrected chi connectivity index (χ1v) is 17.9. The minimum Gasteiger partial charge on any atom is -0.248 e. The predicted molar refractivity (Wildman–Crippen MR) is 196 cm³/mol. The standard InChI is InChI=1S/C45H36BrN/c46-39-20-18-38(19-21-39)45-28-43(25-36-26-44(27-43,29-45)42(36)45)37-16-14-30(15-17-37)33-12-7-13-34(22-33)35-23-40(31-8-3-1-4-9-31)47-41(24-35)32-10-5-2-6-11-32/h1-24,36,42H,25-29H2. The van der Waals surface area contributed by atoms with Crippen LogP contribution in [0.5, 0.6) is 0 Å². The molecule has 6 aliphatic carbocycles. The van der Waals surface area contributed by atoms with Gasteiger partial charge in [-0.25, -0.2) is 4.98 Å². The molecule has 6 aromatic rings. The molecule has 6 fully saturated rings. The lowest BCUT2D eigenvalue weighted by Gasteiger charge is -2.85. The zero-order valence-electron chi connectivity index (χ0n) is 26.4. The van der Waals surface area contributed by atoms with Crippen molar-refractivity contribution in [1.29, 1.82) is 0 Å². The van der Waals surface area contributed by atoms with Gasteiger partial charge in [-0.2, -0.15) is 0 Å². The molecule has 0 amide bonds. The highest BCUT2D eigenvalue weighted by Crippen LogP contribution is 2.87. The molecule has 6 saturated carbocycles. The summed E-state index contributed by atoms with van der Waals surface area (Å²) in [5.41, 5.74) is 13.7. The van der Waals surface area contributed by atoms with Gasteiger partial charge < -0.3 is 0 Å². The number of hydrogen-bond donors (Lipinski definition) is 0. The van der Waals surface area contributed by atoms with Crippen molar-refractivity contribution < 1.29 is 0 Å². The van der Waals surface area contributed by atoms with E-state index >= 15 is 0 Å². The number of pyridine rings is 1. The zero-order chi connectivity index (χ0) is 31.2. The molecule has 228 valence electrons. The first-order valence-electron chi connectivity index (χ1n) is 17.1. The smallest absolute Gasteiger partial charge is 0.0715 e. The van der Waals surface area contributed by atoms with E-state index in [9.17, 15) is 0 Å². The molecule has 5 aromatic carbocycles. The number of halogens is 1. The molecule has 0 saturated heterocycles. The average Bonchev–Trinajstić information content (AvgIpc) is 3.12. The molecule has 0 N–H and O–H groups in total. The molecular formula is C45H36BrN. The fraction of sp³-hybridized carbons (Fsp3) is 0.222. The Morgan fingerprint density at radius 3 is 1.72 bits per heavy atom. The lowest BCUT2D eigenvalue weighted by molar-refractivity contribution is -0.305. The van der Waals surface area contributed by atoms with Gasteiger partial charge in [0.2, 0.25) is 0 Å². The third kappa shape index (κ3) is 4.17. The van der Waals surface area contributed by atoms with Crippen molar-refractivity contribution in [3.63, 3.8) is 0 Å². The topological polar surface area (TPSA) is 12.9 Å². The summed E-state index contributed by atoms with van der Waals surface area (Å²) >= 11 is 3.67. The van der Waals surface area contributed by atoms with Gasteiger partial charge in [0.1, 0.15) is 0 Å². The summed E-state index contributed by atoms with van der Waals surface area (Å²) in [6.45, 7) is 0. The van der Waals surface area contributed by atoms with Crippen LogP contribution in [0.4, 0.5) is 0 Å². The van der Waals surface area contributed by atoms with Gasteiger partial charge in [-0.15, -0.1) is 0 Å². The Balaban J connectivity index is 0.987. The van der Waals surface area contributed by atoms with Crippen LogP contribution in [0, 0.1) is 17.3 Å². The maximum absolute atomic E-state index is 5.09. The van der Waals surface area contributed by atoms with E-state index in [0.29, 0.717) is 16.2 Å². The van der Waals surface area contributed by atoms with Crippen LogP contribution in [0.15, 0.2) is 150 Å². The highest BCUT2D eigenvalue weighted by molar-refractivity contribution is 9.10. The summed E-state index contributed by atoms with van der Waals surface area (Å²) in [6, 6.07) is 53.6. The summed E-state index contributed by atoms with van der Waals surface area (Å²) in [6.07, 6.45) is 6.96. The van der Waals surface area contributed by atoms with Crippen LogP contribution >= 0.6 is 15.9 Å². The summed E-state index contributed by atoms with van der Waals surface area (Å²) in [5, 5.41) is 0. The second kappa shape index (κ2) is 10.1. The van der Waals surface area contributed by atoms with Gasteiger partial charge in [0.25, 0.3) is 0 Å². The van der Waals surface area contributed by atoms with Crippen LogP contribution in [0.1, 0.15) is 43.2 Å². The fourth-order valence-electron chi connectivity index (χ4n) is 11.1. The molecule has 1 nitrogen and oxygen atoms in total. The van der Waals surface area contributed by atoms with Crippen molar-refractivity contribution in [3.8, 4) is 44.8 Å². The van der Waals surface area contributed by atoms with Gasteiger partial charge in [-0.3, -0.25) is 0 Å². The quantitative estimate of drug-likeness (QED) is 0.172. The maximum Gasteiger partial charge on any atom is 0.0715 e. The number of aromatic nitrogens is 1. The first kappa shape index (κ1) is 27.8. The van der Waals surface area contributed by atoms with Crippen LogP contribution in [-0.2, 0) is 10.8 Å². The molecule has 0 aliphatic heterocycles. The lowest BCUT2D eigenvalue weighted by Crippen LogP contribution is -2.80. The largest absolute Gasteiger partial charge is 0.248 e. The van der Waals surface area contributed by atoms with Gasteiger partial charge in [-0.1, -0.05) is 131 Å². The SMILES string of the molecule is Brc1ccc(C23CC4(c5ccc(-c6cccc(-c7cc(-c8ccccc8)nc(-c8ccccc8)c7)c6)cc5)CC5CC(C4)(C2)C53)cc1. The summed E-state index contributed by atoms with van der Waals surface area (Å²) in [5.74, 6) is 1.81. The monoisotopic (exact) mass is 669 g/mol. The number of nitrogens with zero attached hydrogens (tertiary/aromatic N) is 1. The third-order valence-corrected chi connectivity index (χ3v) is 13.0. The summed E-state index contributed by atoms with van der Waals surface area (Å²) in [4.78, 5) is 5.09. The molecule has 5 bridgehead atoms. The van der Waals surface area contributed by atoms with E-state index in [2.05, 4.69) is 162 Å². The van der Waals surface area contributed by atoms with Gasteiger partial charge >= 0.3 is 0 Å². The van der Waals surface area contributed by atoms with Gasteiger partial charge in [-0.05, 0) is 118 Å². The Kier molecular flexibility index (Phi) is 5.98. The molecule has 12 rings (SSSR count). The maximum atomic E-state index is 5.09. The van der Waals surface area contributed by atoms with Crippen LogP contribution in [0.25, 0.3) is 44.8 Å². The normalized spacial score (nSPS) is 27.9. The minimum absolute atomic E-state index is 0.322. The van der Waals surface area contributed by atoms with Crippen molar-refractivity contribution >= 4 is 15.9 Å². The van der Waals surface area contributed by atoms with E-state index < -0.39 is 0 Å². The van der Waals surface area contributed by atoms with Crippen molar-refractivity contribution in [1.82, 2.24) is 4.98 Å². The molecule has 2 heteroatoms. The van der Waals surface area contributed by atoms with Crippen molar-refractivity contribution in [2.45, 2.75) is 42.9 Å². The highest BCUT2D eigenvalue weighted by Gasteiger charge is 2.81. The van der Waals surface area contributed by atoms with Crippen LogP contribution in [-0.4, -0.2) is 4.98 Å². The molecule has 5 unspecified atom stereocenters. The van der Waals surface area contributed by atoms with Crippen LogP contribution in [0.3, 0.4) is 0 Å². The third-order valence-electron chi connectivity index (χ3n) is 12.5. The molecular weight excluding hydrogens is 634 g/mol. The lowest BCUT2D eigenvalue weighted by atomic mass is 9.19. The van der Waals surface area contributed by atoms with E-state index in [-0.39, 0.29) is 0 Å². The number of hydrogen-bond acceptors (Lipinski definition) is 1. The molecule has 1 heterocycles. The van der Waals surface area contributed by atoms with Crippen molar-refractivity contribution in [2.75, 3.05) is 0 Å². The second-order valence-corrected chi connectivity index (χ2v) is 15.9. The summed E-state index contributed by atoms with van der Waals surface area (Å²) < 4.78 is 1.18. The van der Waals surface area contributed by atoms with Gasteiger partial charge in [0.15, 0.2) is 0 Å². The Bertz CT molecular complexity index is 2080. The number of rotatable bonds is 6. The van der Waals surface area contributed by atoms with Gasteiger partial charge in [0.05, 0.1) is 11.4 Å². The molecule has 1 spiro atoms. The van der Waals surface area contributed by atoms with E-state index in [1.165, 1.54) is 58.8 Å². The van der Waals surface area contributed by atoms with Crippen LogP contribution < -0.4 is 0 Å². The average molecular weight is 671 g/mol. The minimum atomic E-state index is 0.322.